The van der Waals surface area contributed by atoms with Gasteiger partial charge in [-0.1, -0.05) is 30.3 Å². The number of ether oxygens (including phenoxy) is 1. The van der Waals surface area contributed by atoms with Crippen molar-refractivity contribution in [2.45, 2.75) is 58.1 Å². The third-order valence-electron chi connectivity index (χ3n) is 5.43. The highest BCUT2D eigenvalue weighted by Gasteiger charge is 2.21. The van der Waals surface area contributed by atoms with Gasteiger partial charge in [0, 0.05) is 17.8 Å². The Kier molecular flexibility index (Phi) is 6.46. The van der Waals surface area contributed by atoms with Crippen LogP contribution in [0.25, 0.3) is 10.2 Å². The second-order valence-electron chi connectivity index (χ2n) is 7.74. The molecule has 0 saturated carbocycles. The number of nitrogens with one attached hydrogen (secondary N) is 2. The molecular formula is C23H25N3O4S. The molecule has 1 aromatic carbocycles. The van der Waals surface area contributed by atoms with Crippen LogP contribution in [0.5, 0.6) is 0 Å². The molecule has 0 radical (unpaired) electrons. The summed E-state index contributed by atoms with van der Waals surface area (Å²) in [5.74, 6) is -0.390. The first kappa shape index (κ1) is 21.2. The van der Waals surface area contributed by atoms with E-state index in [2.05, 4.69) is 15.3 Å². The summed E-state index contributed by atoms with van der Waals surface area (Å²) >= 11 is 1.58. The number of amides is 1. The molecule has 0 spiro atoms. The Hall–Kier alpha value is -3.00. The van der Waals surface area contributed by atoms with Crippen LogP contribution in [0.4, 0.5) is 0 Å². The number of nitrogens with zero attached hydrogens (tertiary/aromatic N) is 1. The highest BCUT2D eigenvalue weighted by atomic mass is 32.1. The number of benzene rings is 1. The average Bonchev–Trinajstić information content (AvgIpc) is 3.15. The van der Waals surface area contributed by atoms with E-state index in [9.17, 15) is 14.4 Å². The lowest BCUT2D eigenvalue weighted by Crippen LogP contribution is -2.35. The second-order valence-corrected chi connectivity index (χ2v) is 8.82. The predicted octanol–water partition coefficient (Wildman–Crippen LogP) is 3.04. The fraction of sp³-hybridized carbons (Fsp3) is 0.391. The van der Waals surface area contributed by atoms with Gasteiger partial charge in [-0.25, -0.2) is 4.98 Å². The number of fused-ring (bicyclic) bond motifs is 3. The Labute approximate surface area is 183 Å². The van der Waals surface area contributed by atoms with Gasteiger partial charge in [0.25, 0.3) is 11.5 Å². The molecule has 162 valence electrons. The molecule has 0 aliphatic heterocycles. The normalized spacial score (nSPS) is 14.1. The third-order valence-corrected chi connectivity index (χ3v) is 6.61. The number of aromatic amines is 1. The molecule has 2 aromatic heterocycles. The van der Waals surface area contributed by atoms with Crippen molar-refractivity contribution in [2.75, 3.05) is 0 Å². The summed E-state index contributed by atoms with van der Waals surface area (Å²) in [5.41, 5.74) is 1.97. The van der Waals surface area contributed by atoms with Gasteiger partial charge >= 0.3 is 5.97 Å². The predicted molar refractivity (Wildman–Crippen MR) is 119 cm³/mol. The maximum Gasteiger partial charge on any atom is 0.307 e. The number of aryl methyl sites for hydroxylation is 3. The number of hydrogen-bond acceptors (Lipinski definition) is 6. The molecule has 0 fully saturated rings. The Balaban J connectivity index is 1.31. The van der Waals surface area contributed by atoms with E-state index in [1.165, 1.54) is 4.88 Å². The van der Waals surface area contributed by atoms with Crippen LogP contribution in [0.15, 0.2) is 35.1 Å². The highest BCUT2D eigenvalue weighted by Crippen LogP contribution is 2.33. The molecule has 7 nitrogen and oxygen atoms in total. The van der Waals surface area contributed by atoms with Crippen molar-refractivity contribution in [1.29, 1.82) is 0 Å². The van der Waals surface area contributed by atoms with Gasteiger partial charge in [-0.2, -0.15) is 0 Å². The second kappa shape index (κ2) is 9.43. The van der Waals surface area contributed by atoms with E-state index in [1.54, 1.807) is 18.3 Å². The van der Waals surface area contributed by atoms with Gasteiger partial charge in [0.15, 0.2) is 6.10 Å². The fourth-order valence-corrected chi connectivity index (χ4v) is 5.07. The van der Waals surface area contributed by atoms with Crippen LogP contribution in [0.2, 0.25) is 0 Å². The Morgan fingerprint density at radius 1 is 1.23 bits per heavy atom. The van der Waals surface area contributed by atoms with E-state index in [1.807, 2.05) is 30.3 Å². The van der Waals surface area contributed by atoms with E-state index in [-0.39, 0.29) is 24.3 Å². The lowest BCUT2D eigenvalue weighted by atomic mass is 9.97. The van der Waals surface area contributed by atoms with Crippen LogP contribution in [0, 0.1) is 0 Å². The quantitative estimate of drug-likeness (QED) is 0.551. The maximum absolute atomic E-state index is 12.6. The van der Waals surface area contributed by atoms with E-state index in [4.69, 9.17) is 4.74 Å². The van der Waals surface area contributed by atoms with E-state index in [0.717, 1.165) is 41.6 Å². The van der Waals surface area contributed by atoms with Gasteiger partial charge < -0.3 is 15.0 Å². The zero-order valence-corrected chi connectivity index (χ0v) is 18.2. The lowest BCUT2D eigenvalue weighted by molar-refractivity contribution is -0.154. The van der Waals surface area contributed by atoms with Gasteiger partial charge in [-0.05, 0) is 43.7 Å². The molecule has 8 heteroatoms. The van der Waals surface area contributed by atoms with Crippen molar-refractivity contribution in [2.24, 2.45) is 0 Å². The van der Waals surface area contributed by atoms with Gasteiger partial charge in [0.2, 0.25) is 0 Å². The first-order valence-electron chi connectivity index (χ1n) is 10.6. The number of carbonyl (C=O) groups is 2. The molecule has 2 heterocycles. The Morgan fingerprint density at radius 2 is 2.00 bits per heavy atom. The molecule has 1 amide bonds. The molecule has 4 rings (SSSR count). The van der Waals surface area contributed by atoms with E-state index in [0.29, 0.717) is 17.8 Å². The minimum Gasteiger partial charge on any atom is -0.453 e. The molecule has 0 bridgehead atoms. The van der Waals surface area contributed by atoms with Gasteiger partial charge in [0.1, 0.15) is 10.7 Å². The summed E-state index contributed by atoms with van der Waals surface area (Å²) in [6.07, 6.45) is 3.57. The van der Waals surface area contributed by atoms with Gasteiger partial charge in [0.05, 0.1) is 11.8 Å². The summed E-state index contributed by atoms with van der Waals surface area (Å²) in [5, 5.41) is 3.46. The monoisotopic (exact) mass is 439 g/mol. The molecule has 2 N–H and O–H groups in total. The molecule has 31 heavy (non-hydrogen) atoms. The number of rotatable bonds is 7. The van der Waals surface area contributed by atoms with Crippen molar-refractivity contribution >= 4 is 33.4 Å². The lowest BCUT2D eigenvalue weighted by Gasteiger charge is -2.13. The molecule has 1 atom stereocenters. The van der Waals surface area contributed by atoms with Crippen LogP contribution < -0.4 is 10.9 Å². The molecule has 0 saturated heterocycles. The van der Waals surface area contributed by atoms with Gasteiger partial charge in [-0.3, -0.25) is 14.4 Å². The smallest absolute Gasteiger partial charge is 0.307 e. The van der Waals surface area contributed by atoms with Crippen molar-refractivity contribution in [3.63, 3.8) is 0 Å². The Bertz CT molecular complexity index is 1150. The fourth-order valence-electron chi connectivity index (χ4n) is 3.79. The van der Waals surface area contributed by atoms with E-state index >= 15 is 0 Å². The minimum atomic E-state index is -0.894. The van der Waals surface area contributed by atoms with Crippen LogP contribution >= 0.6 is 11.3 Å². The van der Waals surface area contributed by atoms with Crippen LogP contribution in [0.3, 0.4) is 0 Å². The van der Waals surface area contributed by atoms with Crippen LogP contribution in [0.1, 0.15) is 48.0 Å². The van der Waals surface area contributed by atoms with Crippen LogP contribution in [-0.4, -0.2) is 27.9 Å². The SMILES string of the molecule is CC(OC(=O)CCc1nc2sc3c(c2c(=O)[nH]1)CCCC3)C(=O)NCc1ccccc1. The van der Waals surface area contributed by atoms with Crippen molar-refractivity contribution in [1.82, 2.24) is 15.3 Å². The maximum atomic E-state index is 12.6. The number of carbonyl (C=O) groups excluding carboxylic acids is 2. The number of thiophene rings is 1. The summed E-state index contributed by atoms with van der Waals surface area (Å²) in [6, 6.07) is 9.51. The summed E-state index contributed by atoms with van der Waals surface area (Å²) in [6.45, 7) is 1.91. The molecule has 1 aliphatic carbocycles. The highest BCUT2D eigenvalue weighted by molar-refractivity contribution is 7.18. The molecular weight excluding hydrogens is 414 g/mol. The first-order chi connectivity index (χ1) is 15.0. The molecule has 3 aromatic rings. The number of esters is 1. The minimum absolute atomic E-state index is 0.0375. The van der Waals surface area contributed by atoms with Crippen molar-refractivity contribution in [3.8, 4) is 0 Å². The molecule has 1 aliphatic rings. The van der Waals surface area contributed by atoms with Crippen LogP contribution in [-0.2, 0) is 40.1 Å². The standard InChI is InChI=1S/C23H25N3O4S/c1-14(21(28)24-13-15-7-3-2-4-8-15)30-19(27)12-11-18-25-22(29)20-16-9-5-6-10-17(16)31-23(20)26-18/h2-4,7-8,14H,5-6,9-13H2,1H3,(H,24,28)(H,25,26,29). The number of hydrogen-bond donors (Lipinski definition) is 2. The first-order valence-corrected chi connectivity index (χ1v) is 11.4. The average molecular weight is 440 g/mol. The number of H-pyrrole nitrogens is 1. The van der Waals surface area contributed by atoms with Crippen molar-refractivity contribution in [3.05, 3.63) is 62.5 Å². The summed E-state index contributed by atoms with van der Waals surface area (Å²) in [7, 11) is 0. The zero-order chi connectivity index (χ0) is 21.8. The summed E-state index contributed by atoms with van der Waals surface area (Å²) < 4.78 is 5.24. The number of aromatic nitrogens is 2. The van der Waals surface area contributed by atoms with E-state index < -0.39 is 12.1 Å². The summed E-state index contributed by atoms with van der Waals surface area (Å²) in [4.78, 5) is 46.3. The zero-order valence-electron chi connectivity index (χ0n) is 17.4. The van der Waals surface area contributed by atoms with Crippen molar-refractivity contribution < 1.29 is 14.3 Å². The van der Waals surface area contributed by atoms with Gasteiger partial charge in [-0.15, -0.1) is 11.3 Å². The third kappa shape index (κ3) is 5.02. The Morgan fingerprint density at radius 3 is 2.81 bits per heavy atom. The largest absolute Gasteiger partial charge is 0.453 e. The topological polar surface area (TPSA) is 101 Å². The molecule has 1 unspecified atom stereocenters.